The maximum absolute atomic E-state index is 12.6. The molecule has 1 aromatic rings. The summed E-state index contributed by atoms with van der Waals surface area (Å²) in [6.07, 6.45) is 0. The standard InChI is InChI=1S/C14H18BrNO5/c1-18-10-8-9(11(15)13(20-3)12(10)19-2)14(17)16-4-6-21-7-5-16/h8H,4-7H2,1-3H3. The molecule has 1 fully saturated rings. The van der Waals surface area contributed by atoms with Crippen molar-refractivity contribution in [2.45, 2.75) is 0 Å². The predicted octanol–water partition coefficient (Wildman–Crippen LogP) is 1.95. The fourth-order valence-electron chi connectivity index (χ4n) is 2.21. The predicted molar refractivity (Wildman–Crippen MR) is 80.5 cm³/mol. The molecule has 0 unspecified atom stereocenters. The third kappa shape index (κ3) is 3.08. The number of amides is 1. The molecular weight excluding hydrogens is 342 g/mol. The zero-order valence-electron chi connectivity index (χ0n) is 12.3. The zero-order valence-corrected chi connectivity index (χ0v) is 13.9. The Bertz CT molecular complexity index is 529. The van der Waals surface area contributed by atoms with E-state index in [1.165, 1.54) is 21.3 Å². The van der Waals surface area contributed by atoms with E-state index < -0.39 is 0 Å². The summed E-state index contributed by atoms with van der Waals surface area (Å²) in [6.45, 7) is 2.24. The van der Waals surface area contributed by atoms with Crippen molar-refractivity contribution in [3.8, 4) is 17.2 Å². The second-order valence-electron chi connectivity index (χ2n) is 4.41. The molecule has 1 amide bonds. The molecule has 0 N–H and O–H groups in total. The van der Waals surface area contributed by atoms with Crippen molar-refractivity contribution in [1.82, 2.24) is 4.90 Å². The van der Waals surface area contributed by atoms with E-state index in [1.807, 2.05) is 0 Å². The van der Waals surface area contributed by atoms with E-state index in [1.54, 1.807) is 11.0 Å². The number of carbonyl (C=O) groups is 1. The van der Waals surface area contributed by atoms with Crippen LogP contribution in [0.1, 0.15) is 10.4 Å². The number of hydrogen-bond acceptors (Lipinski definition) is 5. The van der Waals surface area contributed by atoms with Crippen LogP contribution in [-0.4, -0.2) is 58.4 Å². The third-order valence-corrected chi connectivity index (χ3v) is 4.09. The molecule has 21 heavy (non-hydrogen) atoms. The van der Waals surface area contributed by atoms with Gasteiger partial charge in [0.05, 0.1) is 44.6 Å². The minimum Gasteiger partial charge on any atom is -0.493 e. The molecule has 0 aliphatic carbocycles. The second-order valence-corrected chi connectivity index (χ2v) is 5.20. The first-order chi connectivity index (χ1) is 10.1. The highest BCUT2D eigenvalue weighted by Gasteiger charge is 2.26. The molecule has 6 nitrogen and oxygen atoms in total. The van der Waals surface area contributed by atoms with E-state index in [-0.39, 0.29) is 5.91 Å². The summed E-state index contributed by atoms with van der Waals surface area (Å²) < 4.78 is 21.7. The molecule has 0 bridgehead atoms. The summed E-state index contributed by atoms with van der Waals surface area (Å²) in [6, 6.07) is 1.66. The van der Waals surface area contributed by atoms with E-state index in [0.29, 0.717) is 53.6 Å². The lowest BCUT2D eigenvalue weighted by atomic mass is 10.1. The van der Waals surface area contributed by atoms with Gasteiger partial charge in [-0.3, -0.25) is 4.79 Å². The monoisotopic (exact) mass is 359 g/mol. The molecule has 1 heterocycles. The third-order valence-electron chi connectivity index (χ3n) is 3.30. The summed E-state index contributed by atoms with van der Waals surface area (Å²) in [5.41, 5.74) is 0.478. The van der Waals surface area contributed by atoms with Crippen molar-refractivity contribution in [2.75, 3.05) is 47.6 Å². The molecule has 0 saturated carbocycles. The van der Waals surface area contributed by atoms with E-state index >= 15 is 0 Å². The van der Waals surface area contributed by atoms with Gasteiger partial charge in [-0.2, -0.15) is 0 Å². The Morgan fingerprint density at radius 1 is 1.14 bits per heavy atom. The van der Waals surface area contributed by atoms with Crippen molar-refractivity contribution in [3.05, 3.63) is 16.1 Å². The fraction of sp³-hybridized carbons (Fsp3) is 0.500. The van der Waals surface area contributed by atoms with Crippen LogP contribution in [0.5, 0.6) is 17.2 Å². The van der Waals surface area contributed by atoms with Gasteiger partial charge in [-0.25, -0.2) is 0 Å². The lowest BCUT2D eigenvalue weighted by Crippen LogP contribution is -2.40. The summed E-state index contributed by atoms with van der Waals surface area (Å²) in [4.78, 5) is 14.4. The number of nitrogens with zero attached hydrogens (tertiary/aromatic N) is 1. The lowest BCUT2D eigenvalue weighted by molar-refractivity contribution is 0.0302. The second kappa shape index (κ2) is 7.00. The number of rotatable bonds is 4. The van der Waals surface area contributed by atoms with Crippen LogP contribution in [0.15, 0.2) is 10.5 Å². The van der Waals surface area contributed by atoms with Crippen molar-refractivity contribution in [1.29, 1.82) is 0 Å². The highest BCUT2D eigenvalue weighted by atomic mass is 79.9. The maximum Gasteiger partial charge on any atom is 0.255 e. The van der Waals surface area contributed by atoms with Gasteiger partial charge in [0, 0.05) is 13.1 Å². The zero-order chi connectivity index (χ0) is 15.4. The van der Waals surface area contributed by atoms with E-state index in [9.17, 15) is 4.79 Å². The molecule has 1 aliphatic rings. The molecule has 2 rings (SSSR count). The Kier molecular flexibility index (Phi) is 5.30. The van der Waals surface area contributed by atoms with E-state index in [2.05, 4.69) is 15.9 Å². The number of hydrogen-bond donors (Lipinski definition) is 0. The molecule has 0 spiro atoms. The Labute approximate surface area is 132 Å². The summed E-state index contributed by atoms with van der Waals surface area (Å²) in [5.74, 6) is 1.25. The van der Waals surface area contributed by atoms with Gasteiger partial charge in [0.2, 0.25) is 5.75 Å². The minimum absolute atomic E-state index is 0.0931. The highest BCUT2D eigenvalue weighted by molar-refractivity contribution is 9.10. The summed E-state index contributed by atoms with van der Waals surface area (Å²) in [7, 11) is 4.56. The highest BCUT2D eigenvalue weighted by Crippen LogP contribution is 2.45. The maximum atomic E-state index is 12.6. The number of methoxy groups -OCH3 is 3. The first kappa shape index (κ1) is 15.9. The van der Waals surface area contributed by atoms with Gasteiger partial charge in [0.25, 0.3) is 5.91 Å². The van der Waals surface area contributed by atoms with Crippen LogP contribution in [0.3, 0.4) is 0 Å². The SMILES string of the molecule is COc1cc(C(=O)N2CCOCC2)c(Br)c(OC)c1OC. The molecule has 0 radical (unpaired) electrons. The first-order valence-electron chi connectivity index (χ1n) is 6.49. The number of ether oxygens (including phenoxy) is 4. The lowest BCUT2D eigenvalue weighted by Gasteiger charge is -2.27. The molecule has 1 saturated heterocycles. The average molecular weight is 360 g/mol. The Morgan fingerprint density at radius 2 is 1.76 bits per heavy atom. The van der Waals surface area contributed by atoms with Gasteiger partial charge in [-0.1, -0.05) is 0 Å². The van der Waals surface area contributed by atoms with Crippen LogP contribution in [0.4, 0.5) is 0 Å². The van der Waals surface area contributed by atoms with Crippen molar-refractivity contribution in [3.63, 3.8) is 0 Å². The van der Waals surface area contributed by atoms with Gasteiger partial charge >= 0.3 is 0 Å². The topological polar surface area (TPSA) is 57.2 Å². The largest absolute Gasteiger partial charge is 0.493 e. The Balaban J connectivity index is 2.45. The molecule has 7 heteroatoms. The molecular formula is C14H18BrNO5. The quantitative estimate of drug-likeness (QED) is 0.822. The number of morpholine rings is 1. The van der Waals surface area contributed by atoms with Gasteiger partial charge in [0.1, 0.15) is 0 Å². The number of benzene rings is 1. The Hall–Kier alpha value is -1.47. The first-order valence-corrected chi connectivity index (χ1v) is 7.28. The minimum atomic E-state index is -0.0931. The van der Waals surface area contributed by atoms with Gasteiger partial charge in [-0.15, -0.1) is 0 Å². The van der Waals surface area contributed by atoms with E-state index in [0.717, 1.165) is 0 Å². The van der Waals surface area contributed by atoms with Crippen LogP contribution in [0.2, 0.25) is 0 Å². The number of halogens is 1. The van der Waals surface area contributed by atoms with Crippen LogP contribution in [-0.2, 0) is 4.74 Å². The van der Waals surface area contributed by atoms with Crippen LogP contribution >= 0.6 is 15.9 Å². The summed E-state index contributed by atoms with van der Waals surface area (Å²) in [5, 5.41) is 0. The van der Waals surface area contributed by atoms with Crippen LogP contribution in [0, 0.1) is 0 Å². The Morgan fingerprint density at radius 3 is 2.29 bits per heavy atom. The molecule has 1 aromatic carbocycles. The van der Waals surface area contributed by atoms with Crippen LogP contribution in [0.25, 0.3) is 0 Å². The van der Waals surface area contributed by atoms with Gasteiger partial charge in [0.15, 0.2) is 11.5 Å². The molecule has 0 atom stereocenters. The van der Waals surface area contributed by atoms with Gasteiger partial charge in [-0.05, 0) is 22.0 Å². The van der Waals surface area contributed by atoms with Crippen molar-refractivity contribution >= 4 is 21.8 Å². The van der Waals surface area contributed by atoms with E-state index in [4.69, 9.17) is 18.9 Å². The van der Waals surface area contributed by atoms with Gasteiger partial charge < -0.3 is 23.8 Å². The average Bonchev–Trinajstić information content (AvgIpc) is 2.54. The fourth-order valence-corrected chi connectivity index (χ4v) is 2.84. The molecule has 1 aliphatic heterocycles. The van der Waals surface area contributed by atoms with Crippen LogP contribution < -0.4 is 14.2 Å². The molecule has 0 aromatic heterocycles. The smallest absolute Gasteiger partial charge is 0.255 e. The van der Waals surface area contributed by atoms with Crippen molar-refractivity contribution in [2.24, 2.45) is 0 Å². The summed E-state index contributed by atoms with van der Waals surface area (Å²) >= 11 is 3.42. The normalized spacial score (nSPS) is 14.8. The van der Waals surface area contributed by atoms with Crippen molar-refractivity contribution < 1.29 is 23.7 Å². The molecule has 116 valence electrons. The number of carbonyl (C=O) groups excluding carboxylic acids is 1.